The fourth-order valence-electron chi connectivity index (χ4n) is 3.86. The van der Waals surface area contributed by atoms with Gasteiger partial charge in [0.05, 0.1) is 0 Å². The van der Waals surface area contributed by atoms with Crippen LogP contribution in [0.1, 0.15) is 69.2 Å². The van der Waals surface area contributed by atoms with Gasteiger partial charge < -0.3 is 10.2 Å². The van der Waals surface area contributed by atoms with Crippen LogP contribution in [0.4, 0.5) is 5.69 Å². The van der Waals surface area contributed by atoms with Crippen LogP contribution in [-0.2, 0) is 4.79 Å². The summed E-state index contributed by atoms with van der Waals surface area (Å²) in [5.41, 5.74) is 1.47. The van der Waals surface area contributed by atoms with Crippen molar-refractivity contribution < 1.29 is 9.59 Å². The van der Waals surface area contributed by atoms with Gasteiger partial charge in [-0.05, 0) is 68.7 Å². The predicted molar refractivity (Wildman–Crippen MR) is 96.0 cm³/mol. The molecule has 130 valence electrons. The Labute approximate surface area is 144 Å². The number of carbonyl (C=O) groups excluding carboxylic acids is 2. The van der Waals surface area contributed by atoms with E-state index in [9.17, 15) is 9.59 Å². The van der Waals surface area contributed by atoms with E-state index in [0.717, 1.165) is 42.9 Å². The smallest absolute Gasteiger partial charge is 0.254 e. The molecule has 0 spiro atoms. The zero-order chi connectivity index (χ0) is 17.1. The van der Waals surface area contributed by atoms with E-state index in [4.69, 9.17) is 0 Å². The molecular formula is C20H28N2O2. The molecule has 2 amide bonds. The Hall–Kier alpha value is -1.84. The lowest BCUT2D eigenvalue weighted by Crippen LogP contribution is -2.43. The Morgan fingerprint density at radius 3 is 2.00 bits per heavy atom. The van der Waals surface area contributed by atoms with Gasteiger partial charge in [0.2, 0.25) is 5.91 Å². The van der Waals surface area contributed by atoms with Gasteiger partial charge in [0.25, 0.3) is 5.91 Å². The van der Waals surface area contributed by atoms with Gasteiger partial charge in [-0.2, -0.15) is 0 Å². The van der Waals surface area contributed by atoms with Crippen LogP contribution in [0, 0.1) is 5.92 Å². The average Bonchev–Trinajstić information content (AvgIpc) is 3.40. The second-order valence-electron chi connectivity index (χ2n) is 7.28. The third kappa shape index (κ3) is 3.97. The fraction of sp³-hybridized carbons (Fsp3) is 0.600. The molecule has 0 aliphatic heterocycles. The molecule has 0 bridgehead atoms. The number of rotatable bonds is 5. The van der Waals surface area contributed by atoms with Crippen molar-refractivity contribution in [3.63, 3.8) is 0 Å². The molecule has 2 aliphatic carbocycles. The highest BCUT2D eigenvalue weighted by Gasteiger charge is 2.38. The molecule has 0 atom stereocenters. The van der Waals surface area contributed by atoms with Crippen LogP contribution in [0.25, 0.3) is 0 Å². The normalized spacial score (nSPS) is 23.6. The topological polar surface area (TPSA) is 49.4 Å². The lowest BCUT2D eigenvalue weighted by molar-refractivity contribution is -0.114. The maximum absolute atomic E-state index is 13.0. The van der Waals surface area contributed by atoms with E-state index in [2.05, 4.69) is 17.1 Å². The van der Waals surface area contributed by atoms with Crippen molar-refractivity contribution in [1.82, 2.24) is 4.90 Å². The standard InChI is InChI=1S/C20H28N2O2/c1-3-15-4-10-18(11-5-15)22(19-12-13-19)20(24)16-6-8-17(9-7-16)21-14(2)23/h6-9,15,18-19H,3-5,10-13H2,1-2H3,(H,21,23). The summed E-state index contributed by atoms with van der Waals surface area (Å²) < 4.78 is 0. The first kappa shape index (κ1) is 17.0. The zero-order valence-electron chi connectivity index (χ0n) is 14.8. The Balaban J connectivity index is 1.69. The van der Waals surface area contributed by atoms with E-state index < -0.39 is 0 Å². The second-order valence-corrected chi connectivity index (χ2v) is 7.28. The summed E-state index contributed by atoms with van der Waals surface area (Å²) in [6.07, 6.45) is 8.33. The van der Waals surface area contributed by atoms with Crippen LogP contribution >= 0.6 is 0 Å². The number of hydrogen-bond donors (Lipinski definition) is 1. The Morgan fingerprint density at radius 2 is 1.54 bits per heavy atom. The number of carbonyl (C=O) groups is 2. The minimum absolute atomic E-state index is 0.0960. The van der Waals surface area contributed by atoms with Gasteiger partial charge in [-0.25, -0.2) is 0 Å². The molecule has 0 aromatic heterocycles. The summed E-state index contributed by atoms with van der Waals surface area (Å²) in [6.45, 7) is 3.76. The molecule has 2 fully saturated rings. The molecule has 1 aromatic rings. The van der Waals surface area contributed by atoms with Crippen molar-refractivity contribution in [2.45, 2.75) is 70.9 Å². The van der Waals surface area contributed by atoms with Gasteiger partial charge >= 0.3 is 0 Å². The molecule has 1 N–H and O–H groups in total. The van der Waals surface area contributed by atoms with Gasteiger partial charge in [-0.15, -0.1) is 0 Å². The molecular weight excluding hydrogens is 300 g/mol. The van der Waals surface area contributed by atoms with E-state index in [1.165, 1.54) is 26.2 Å². The van der Waals surface area contributed by atoms with E-state index in [-0.39, 0.29) is 11.8 Å². The van der Waals surface area contributed by atoms with Crippen molar-refractivity contribution in [3.8, 4) is 0 Å². The lowest BCUT2D eigenvalue weighted by Gasteiger charge is -2.37. The largest absolute Gasteiger partial charge is 0.333 e. The predicted octanol–water partition coefficient (Wildman–Crippen LogP) is 4.22. The zero-order valence-corrected chi connectivity index (χ0v) is 14.8. The van der Waals surface area contributed by atoms with Crippen molar-refractivity contribution in [3.05, 3.63) is 29.8 Å². The van der Waals surface area contributed by atoms with Crippen LogP contribution in [0.15, 0.2) is 24.3 Å². The summed E-state index contributed by atoms with van der Waals surface area (Å²) in [7, 11) is 0. The Bertz CT molecular complexity index is 584. The molecule has 2 aliphatic rings. The van der Waals surface area contributed by atoms with Crippen LogP contribution < -0.4 is 5.32 Å². The molecule has 24 heavy (non-hydrogen) atoms. The molecule has 4 nitrogen and oxygen atoms in total. The minimum Gasteiger partial charge on any atom is -0.333 e. The molecule has 3 rings (SSSR count). The summed E-state index contributed by atoms with van der Waals surface area (Å²) in [5.74, 6) is 0.905. The van der Waals surface area contributed by atoms with Crippen molar-refractivity contribution in [2.24, 2.45) is 5.92 Å². The maximum atomic E-state index is 13.0. The van der Waals surface area contributed by atoms with Gasteiger partial charge in [0.1, 0.15) is 0 Å². The van der Waals surface area contributed by atoms with Crippen molar-refractivity contribution >= 4 is 17.5 Å². The summed E-state index contributed by atoms with van der Waals surface area (Å²) in [4.78, 5) is 26.3. The molecule has 0 saturated heterocycles. The van der Waals surface area contributed by atoms with Gasteiger partial charge in [0.15, 0.2) is 0 Å². The second kappa shape index (κ2) is 7.37. The quantitative estimate of drug-likeness (QED) is 0.880. The number of nitrogens with zero attached hydrogens (tertiary/aromatic N) is 1. The summed E-state index contributed by atoms with van der Waals surface area (Å²) in [6, 6.07) is 8.14. The van der Waals surface area contributed by atoms with Crippen molar-refractivity contribution in [1.29, 1.82) is 0 Å². The first-order chi connectivity index (χ1) is 11.6. The molecule has 0 heterocycles. The van der Waals surface area contributed by atoms with Gasteiger partial charge in [-0.1, -0.05) is 13.3 Å². The monoisotopic (exact) mass is 328 g/mol. The van der Waals surface area contributed by atoms with E-state index in [1.54, 1.807) is 0 Å². The third-order valence-electron chi connectivity index (χ3n) is 5.41. The highest BCUT2D eigenvalue weighted by atomic mass is 16.2. The van der Waals surface area contributed by atoms with E-state index in [0.29, 0.717) is 12.1 Å². The van der Waals surface area contributed by atoms with Crippen LogP contribution in [0.2, 0.25) is 0 Å². The number of nitrogens with one attached hydrogen (secondary N) is 1. The molecule has 0 unspecified atom stereocenters. The lowest BCUT2D eigenvalue weighted by atomic mass is 9.83. The molecule has 4 heteroatoms. The molecule has 2 saturated carbocycles. The van der Waals surface area contributed by atoms with Gasteiger partial charge in [0, 0.05) is 30.3 Å². The number of amides is 2. The van der Waals surface area contributed by atoms with Crippen LogP contribution in [-0.4, -0.2) is 28.8 Å². The number of benzene rings is 1. The average molecular weight is 328 g/mol. The SMILES string of the molecule is CCC1CCC(N(C(=O)c2ccc(NC(C)=O)cc2)C2CC2)CC1. The third-order valence-corrected chi connectivity index (χ3v) is 5.41. The van der Waals surface area contributed by atoms with Crippen LogP contribution in [0.5, 0.6) is 0 Å². The first-order valence-corrected chi connectivity index (χ1v) is 9.28. The highest BCUT2D eigenvalue weighted by molar-refractivity contribution is 5.96. The maximum Gasteiger partial charge on any atom is 0.254 e. The number of anilines is 1. The summed E-state index contributed by atoms with van der Waals surface area (Å²) in [5, 5.41) is 2.75. The molecule has 1 aromatic carbocycles. The first-order valence-electron chi connectivity index (χ1n) is 9.28. The van der Waals surface area contributed by atoms with Gasteiger partial charge in [-0.3, -0.25) is 9.59 Å². The van der Waals surface area contributed by atoms with E-state index >= 15 is 0 Å². The number of hydrogen-bond acceptors (Lipinski definition) is 2. The summed E-state index contributed by atoms with van der Waals surface area (Å²) >= 11 is 0. The highest BCUT2D eigenvalue weighted by Crippen LogP contribution is 2.37. The minimum atomic E-state index is -0.0960. The van der Waals surface area contributed by atoms with E-state index in [1.807, 2.05) is 24.3 Å². The Morgan fingerprint density at radius 1 is 1.00 bits per heavy atom. The van der Waals surface area contributed by atoms with Crippen LogP contribution in [0.3, 0.4) is 0 Å². The Kier molecular flexibility index (Phi) is 5.22. The molecule has 0 radical (unpaired) electrons. The fourth-order valence-corrected chi connectivity index (χ4v) is 3.86. The van der Waals surface area contributed by atoms with Crippen molar-refractivity contribution in [2.75, 3.05) is 5.32 Å².